The lowest BCUT2D eigenvalue weighted by atomic mass is 10.2. The van der Waals surface area contributed by atoms with Gasteiger partial charge in [-0.1, -0.05) is 15.9 Å². The van der Waals surface area contributed by atoms with E-state index < -0.39 is 0 Å². The van der Waals surface area contributed by atoms with Crippen molar-refractivity contribution in [2.75, 3.05) is 6.61 Å². The number of ether oxygens (including phenoxy) is 1. The van der Waals surface area contributed by atoms with Crippen LogP contribution in [-0.2, 0) is 11.3 Å². The molecule has 0 aromatic heterocycles. The Bertz CT molecular complexity index is 423. The molecule has 1 fully saturated rings. The Morgan fingerprint density at radius 3 is 2.94 bits per heavy atom. The highest BCUT2D eigenvalue weighted by atomic mass is 79.9. The number of nitrogens with zero attached hydrogens (tertiary/aromatic N) is 1. The molecule has 0 atom stereocenters. The second kappa shape index (κ2) is 5.28. The highest BCUT2D eigenvalue weighted by molar-refractivity contribution is 9.10. The van der Waals surface area contributed by atoms with Crippen molar-refractivity contribution < 1.29 is 9.53 Å². The zero-order valence-electron chi connectivity index (χ0n) is 8.78. The summed E-state index contributed by atoms with van der Waals surface area (Å²) in [4.78, 5) is 13.6. The van der Waals surface area contributed by atoms with Crippen LogP contribution in [0, 0.1) is 5.92 Å². The average molecular weight is 282 g/mol. The number of hydrogen-bond acceptors (Lipinski definition) is 3. The number of rotatable bonds is 5. The minimum atomic E-state index is 0.350. The van der Waals surface area contributed by atoms with Crippen LogP contribution >= 0.6 is 15.9 Å². The van der Waals surface area contributed by atoms with Gasteiger partial charge in [0.15, 0.2) is 0 Å². The second-order valence-corrected chi connectivity index (χ2v) is 4.87. The van der Waals surface area contributed by atoms with E-state index in [-0.39, 0.29) is 0 Å². The summed E-state index contributed by atoms with van der Waals surface area (Å²) in [6.45, 7) is 1.13. The maximum absolute atomic E-state index is 10.0. The van der Waals surface area contributed by atoms with Crippen molar-refractivity contribution in [2.24, 2.45) is 10.9 Å². The van der Waals surface area contributed by atoms with Gasteiger partial charge in [-0.15, -0.1) is 0 Å². The van der Waals surface area contributed by atoms with E-state index in [1.807, 2.05) is 18.2 Å². The number of isocyanates is 1. The Labute approximate surface area is 103 Å². The van der Waals surface area contributed by atoms with E-state index >= 15 is 0 Å². The minimum Gasteiger partial charge on any atom is -0.493 e. The molecule has 1 aromatic rings. The van der Waals surface area contributed by atoms with E-state index in [0.29, 0.717) is 6.54 Å². The zero-order valence-corrected chi connectivity index (χ0v) is 10.4. The first-order chi connectivity index (χ1) is 7.78. The van der Waals surface area contributed by atoms with Crippen LogP contribution in [-0.4, -0.2) is 12.7 Å². The molecule has 1 saturated carbocycles. The molecule has 1 aromatic carbocycles. The molecule has 16 heavy (non-hydrogen) atoms. The molecule has 0 N–H and O–H groups in total. The molecule has 0 heterocycles. The Kier molecular flexibility index (Phi) is 3.75. The third-order valence-corrected chi connectivity index (χ3v) is 2.90. The monoisotopic (exact) mass is 281 g/mol. The van der Waals surface area contributed by atoms with Crippen molar-refractivity contribution in [2.45, 2.75) is 19.4 Å². The molecule has 3 nitrogen and oxygen atoms in total. The van der Waals surface area contributed by atoms with Crippen LogP contribution < -0.4 is 4.74 Å². The third kappa shape index (κ3) is 3.47. The van der Waals surface area contributed by atoms with E-state index in [2.05, 4.69) is 20.9 Å². The summed E-state index contributed by atoms with van der Waals surface area (Å²) in [5.41, 5.74) is 0.948. The molecule has 0 bridgehead atoms. The molecule has 1 aliphatic rings. The maximum atomic E-state index is 10.0. The van der Waals surface area contributed by atoms with Gasteiger partial charge in [0.25, 0.3) is 0 Å². The normalized spacial score (nSPS) is 14.3. The molecular weight excluding hydrogens is 270 g/mol. The third-order valence-electron chi connectivity index (χ3n) is 2.44. The lowest BCUT2D eigenvalue weighted by Gasteiger charge is -2.07. The maximum Gasteiger partial charge on any atom is 0.235 e. The topological polar surface area (TPSA) is 38.7 Å². The highest BCUT2D eigenvalue weighted by Gasteiger charge is 2.21. The fourth-order valence-electron chi connectivity index (χ4n) is 1.42. The first-order valence-corrected chi connectivity index (χ1v) is 6.03. The lowest BCUT2D eigenvalue weighted by Crippen LogP contribution is -1.99. The standard InChI is InChI=1S/C12H12BrNO2/c13-11-3-10(6-14-8-15)4-12(5-11)16-7-9-1-2-9/h3-5,9H,1-2,6-7H2. The van der Waals surface area contributed by atoms with Gasteiger partial charge in [0.1, 0.15) is 5.75 Å². The molecule has 2 rings (SSSR count). The summed E-state index contributed by atoms with van der Waals surface area (Å²) in [7, 11) is 0. The van der Waals surface area contributed by atoms with Gasteiger partial charge in [0.05, 0.1) is 13.2 Å². The molecule has 0 spiro atoms. The molecule has 84 valence electrons. The van der Waals surface area contributed by atoms with Crippen molar-refractivity contribution in [3.63, 3.8) is 0 Å². The van der Waals surface area contributed by atoms with Crippen molar-refractivity contribution in [3.8, 4) is 5.75 Å². The lowest BCUT2D eigenvalue weighted by molar-refractivity contribution is 0.299. The summed E-state index contributed by atoms with van der Waals surface area (Å²) in [6.07, 6.45) is 4.08. The van der Waals surface area contributed by atoms with Gasteiger partial charge in [0, 0.05) is 4.47 Å². The van der Waals surface area contributed by atoms with Crippen LogP contribution in [0.1, 0.15) is 18.4 Å². The van der Waals surface area contributed by atoms with E-state index in [1.54, 1.807) is 0 Å². The van der Waals surface area contributed by atoms with E-state index in [9.17, 15) is 4.79 Å². The summed E-state index contributed by atoms with van der Waals surface area (Å²) in [5, 5.41) is 0. The van der Waals surface area contributed by atoms with Gasteiger partial charge < -0.3 is 4.74 Å². The molecule has 1 aliphatic carbocycles. The van der Waals surface area contributed by atoms with Crippen molar-refractivity contribution in [3.05, 3.63) is 28.2 Å². The second-order valence-electron chi connectivity index (χ2n) is 3.96. The Morgan fingerprint density at radius 1 is 1.44 bits per heavy atom. The number of hydrogen-bond donors (Lipinski definition) is 0. The zero-order chi connectivity index (χ0) is 11.4. The van der Waals surface area contributed by atoms with Crippen LogP contribution in [0.2, 0.25) is 0 Å². The number of aliphatic imine (C=N–C) groups is 1. The van der Waals surface area contributed by atoms with Crippen LogP contribution in [0.3, 0.4) is 0 Å². The van der Waals surface area contributed by atoms with Gasteiger partial charge in [-0.25, -0.2) is 9.79 Å². The number of benzene rings is 1. The van der Waals surface area contributed by atoms with Crippen LogP contribution in [0.15, 0.2) is 27.7 Å². The Morgan fingerprint density at radius 2 is 2.25 bits per heavy atom. The molecule has 0 aliphatic heterocycles. The summed E-state index contributed by atoms with van der Waals surface area (Å²) < 4.78 is 6.60. The van der Waals surface area contributed by atoms with Crippen LogP contribution in [0.25, 0.3) is 0 Å². The summed E-state index contributed by atoms with van der Waals surface area (Å²) in [6, 6.07) is 5.76. The van der Waals surface area contributed by atoms with Crippen LogP contribution in [0.5, 0.6) is 5.75 Å². The molecule has 0 amide bonds. The minimum absolute atomic E-state index is 0.350. The van der Waals surface area contributed by atoms with Gasteiger partial charge in [-0.2, -0.15) is 0 Å². The molecule has 0 radical (unpaired) electrons. The first kappa shape index (κ1) is 11.4. The fourth-order valence-corrected chi connectivity index (χ4v) is 1.94. The van der Waals surface area contributed by atoms with Crippen molar-refractivity contribution >= 4 is 22.0 Å². The van der Waals surface area contributed by atoms with Gasteiger partial charge in [0.2, 0.25) is 6.08 Å². The fraction of sp³-hybridized carbons (Fsp3) is 0.417. The van der Waals surface area contributed by atoms with Gasteiger partial charge in [-0.3, -0.25) is 0 Å². The number of halogens is 1. The largest absolute Gasteiger partial charge is 0.493 e. The van der Waals surface area contributed by atoms with Gasteiger partial charge >= 0.3 is 0 Å². The predicted octanol–water partition coefficient (Wildman–Crippen LogP) is 3.07. The Balaban J connectivity index is 2.04. The molecule has 0 saturated heterocycles. The quantitative estimate of drug-likeness (QED) is 0.615. The molecule has 4 heteroatoms. The van der Waals surface area contributed by atoms with Crippen LogP contribution in [0.4, 0.5) is 0 Å². The SMILES string of the molecule is O=C=NCc1cc(Br)cc(OCC2CC2)c1. The van der Waals surface area contributed by atoms with Crippen molar-refractivity contribution in [1.82, 2.24) is 0 Å². The Hall–Kier alpha value is -1.12. The highest BCUT2D eigenvalue weighted by Crippen LogP contribution is 2.30. The van der Waals surface area contributed by atoms with E-state index in [4.69, 9.17) is 4.74 Å². The smallest absolute Gasteiger partial charge is 0.235 e. The average Bonchev–Trinajstić information content (AvgIpc) is 3.07. The predicted molar refractivity (Wildman–Crippen MR) is 64.2 cm³/mol. The van der Waals surface area contributed by atoms with Crippen molar-refractivity contribution in [1.29, 1.82) is 0 Å². The summed E-state index contributed by atoms with van der Waals surface area (Å²) >= 11 is 3.41. The van der Waals surface area contributed by atoms with Gasteiger partial charge in [-0.05, 0) is 42.5 Å². The van der Waals surface area contributed by atoms with E-state index in [1.165, 1.54) is 18.9 Å². The van der Waals surface area contributed by atoms with E-state index in [0.717, 1.165) is 28.3 Å². The molecule has 0 unspecified atom stereocenters. The molecular formula is C12H12BrNO2. The number of carbonyl (C=O) groups excluding carboxylic acids is 1. The first-order valence-electron chi connectivity index (χ1n) is 5.24. The summed E-state index contributed by atoms with van der Waals surface area (Å²) in [5.74, 6) is 1.56.